The number of H-pyrrole nitrogens is 1. The van der Waals surface area contributed by atoms with Gasteiger partial charge < -0.3 is 5.32 Å². The van der Waals surface area contributed by atoms with Crippen LogP contribution in [0.5, 0.6) is 0 Å². The summed E-state index contributed by atoms with van der Waals surface area (Å²) in [6, 6.07) is 15.5. The van der Waals surface area contributed by atoms with Gasteiger partial charge in [0.05, 0.1) is 16.9 Å². The number of benzene rings is 1. The second-order valence-corrected chi connectivity index (χ2v) is 6.07. The number of nitrogens with one attached hydrogen (secondary N) is 2. The van der Waals surface area contributed by atoms with Crippen LogP contribution in [0.3, 0.4) is 0 Å². The predicted molar refractivity (Wildman–Crippen MR) is 93.5 cm³/mol. The van der Waals surface area contributed by atoms with Crippen LogP contribution in [0.15, 0.2) is 47.8 Å². The topological polar surface area (TPSA) is 90.3 Å². The first-order chi connectivity index (χ1) is 11.8. The van der Waals surface area contributed by atoms with Crippen molar-refractivity contribution < 1.29 is 0 Å². The van der Waals surface area contributed by atoms with Crippen LogP contribution in [0.4, 0.5) is 5.69 Å². The van der Waals surface area contributed by atoms with Gasteiger partial charge in [-0.15, -0.1) is 11.3 Å². The quantitative estimate of drug-likeness (QED) is 0.596. The summed E-state index contributed by atoms with van der Waals surface area (Å²) < 4.78 is 0. The normalized spacial score (nSPS) is 10.6. The van der Waals surface area contributed by atoms with E-state index in [0.29, 0.717) is 18.1 Å². The Balaban J connectivity index is 1.60. The first-order valence-electron chi connectivity index (χ1n) is 7.32. The molecule has 0 atom stereocenters. The van der Waals surface area contributed by atoms with E-state index < -0.39 is 0 Å². The van der Waals surface area contributed by atoms with Crippen molar-refractivity contribution in [3.8, 4) is 16.8 Å². The van der Waals surface area contributed by atoms with Crippen LogP contribution in [0.25, 0.3) is 21.6 Å². The number of anilines is 1. The van der Waals surface area contributed by atoms with Crippen molar-refractivity contribution in [3.05, 3.63) is 59.4 Å². The molecule has 116 valence electrons. The van der Waals surface area contributed by atoms with Gasteiger partial charge in [-0.25, -0.2) is 9.97 Å². The Kier molecular flexibility index (Phi) is 3.65. The van der Waals surface area contributed by atoms with Gasteiger partial charge in [0.2, 0.25) is 0 Å². The van der Waals surface area contributed by atoms with E-state index in [2.05, 4.69) is 31.6 Å². The molecule has 24 heavy (non-hydrogen) atoms. The van der Waals surface area contributed by atoms with Gasteiger partial charge in [-0.05, 0) is 23.6 Å². The molecule has 0 bridgehead atoms. The summed E-state index contributed by atoms with van der Waals surface area (Å²) >= 11 is 1.60. The summed E-state index contributed by atoms with van der Waals surface area (Å²) in [7, 11) is 0. The fraction of sp³-hybridized carbons (Fsp3) is 0.0588. The van der Waals surface area contributed by atoms with Gasteiger partial charge in [0, 0.05) is 11.1 Å². The lowest BCUT2D eigenvalue weighted by atomic mass is 10.1. The smallest absolute Gasteiger partial charge is 0.191 e. The number of rotatable bonds is 4. The Morgan fingerprint density at radius 3 is 2.92 bits per heavy atom. The van der Waals surface area contributed by atoms with Crippen LogP contribution in [-0.4, -0.2) is 20.2 Å². The minimum absolute atomic E-state index is 0.382. The van der Waals surface area contributed by atoms with Crippen molar-refractivity contribution in [3.63, 3.8) is 0 Å². The molecule has 0 saturated carbocycles. The maximum atomic E-state index is 9.15. The number of fused-ring (bicyclic) bond motifs is 1. The highest BCUT2D eigenvalue weighted by Gasteiger charge is 2.09. The van der Waals surface area contributed by atoms with Gasteiger partial charge in [0.1, 0.15) is 17.6 Å². The number of hydrogen-bond donors (Lipinski definition) is 2. The van der Waals surface area contributed by atoms with Crippen LogP contribution in [0.2, 0.25) is 0 Å². The molecule has 2 N–H and O–H groups in total. The van der Waals surface area contributed by atoms with Crippen LogP contribution in [0, 0.1) is 11.3 Å². The van der Waals surface area contributed by atoms with Crippen molar-refractivity contribution in [2.24, 2.45) is 0 Å². The minimum Gasteiger partial charge on any atom is -0.377 e. The largest absolute Gasteiger partial charge is 0.377 e. The zero-order chi connectivity index (χ0) is 16.4. The van der Waals surface area contributed by atoms with Crippen molar-refractivity contribution in [1.82, 2.24) is 20.2 Å². The Hall–Kier alpha value is -3.24. The van der Waals surface area contributed by atoms with Crippen molar-refractivity contribution in [2.75, 3.05) is 5.32 Å². The second-order valence-electron chi connectivity index (χ2n) is 5.12. The maximum Gasteiger partial charge on any atom is 0.191 e. The number of thiophene rings is 1. The minimum atomic E-state index is 0.382. The summed E-state index contributed by atoms with van der Waals surface area (Å²) in [6.07, 6.45) is 0. The molecule has 0 amide bonds. The lowest BCUT2D eigenvalue weighted by molar-refractivity contribution is 0.955. The lowest BCUT2D eigenvalue weighted by Gasteiger charge is -2.08. The number of nitrogens with zero attached hydrogens (tertiary/aromatic N) is 4. The molecular weight excluding hydrogens is 320 g/mol. The highest BCUT2D eigenvalue weighted by atomic mass is 32.1. The SMILES string of the molecule is N#Cc1cc(NCc2nc(-c3cccs3)n[nH]2)c2ccccc2n1. The third kappa shape index (κ3) is 2.71. The van der Waals surface area contributed by atoms with Crippen LogP contribution >= 0.6 is 11.3 Å². The van der Waals surface area contributed by atoms with Gasteiger partial charge in [0.25, 0.3) is 0 Å². The monoisotopic (exact) mass is 332 g/mol. The fourth-order valence-corrected chi connectivity index (χ4v) is 3.11. The molecule has 0 aliphatic carbocycles. The second kappa shape index (κ2) is 6.10. The first kappa shape index (κ1) is 14.4. The summed E-state index contributed by atoms with van der Waals surface area (Å²) in [5.74, 6) is 1.43. The Morgan fingerprint density at radius 2 is 2.08 bits per heavy atom. The van der Waals surface area contributed by atoms with E-state index in [-0.39, 0.29) is 0 Å². The molecule has 3 heterocycles. The summed E-state index contributed by atoms with van der Waals surface area (Å²) in [5.41, 5.74) is 2.02. The zero-order valence-corrected chi connectivity index (χ0v) is 13.3. The summed E-state index contributed by atoms with van der Waals surface area (Å²) in [5, 5.41) is 22.6. The number of aromatic nitrogens is 4. The Bertz CT molecular complexity index is 1030. The highest BCUT2D eigenvalue weighted by molar-refractivity contribution is 7.13. The van der Waals surface area contributed by atoms with Crippen molar-refractivity contribution in [2.45, 2.75) is 6.54 Å². The molecule has 4 rings (SSSR count). The summed E-state index contributed by atoms with van der Waals surface area (Å²) in [4.78, 5) is 9.83. The van der Waals surface area contributed by atoms with E-state index in [4.69, 9.17) is 5.26 Å². The molecule has 1 aromatic carbocycles. The maximum absolute atomic E-state index is 9.15. The number of aromatic amines is 1. The molecule has 0 aliphatic heterocycles. The Labute approximate surface area is 141 Å². The molecule has 0 unspecified atom stereocenters. The van der Waals surface area contributed by atoms with Crippen molar-refractivity contribution in [1.29, 1.82) is 5.26 Å². The molecule has 3 aromatic heterocycles. The van der Waals surface area contributed by atoms with E-state index in [1.807, 2.05) is 41.8 Å². The van der Waals surface area contributed by atoms with Gasteiger partial charge in [-0.3, -0.25) is 5.10 Å². The van der Waals surface area contributed by atoms with Crippen LogP contribution in [-0.2, 0) is 6.54 Å². The van der Waals surface area contributed by atoms with E-state index in [1.165, 1.54) is 0 Å². The average Bonchev–Trinajstić information content (AvgIpc) is 3.30. The molecule has 6 nitrogen and oxygen atoms in total. The van der Waals surface area contributed by atoms with Crippen molar-refractivity contribution >= 4 is 27.9 Å². The first-order valence-corrected chi connectivity index (χ1v) is 8.20. The number of pyridine rings is 1. The van der Waals surface area contributed by atoms with Gasteiger partial charge in [-0.2, -0.15) is 10.4 Å². The van der Waals surface area contributed by atoms with E-state index >= 15 is 0 Å². The molecular formula is C17H12N6S. The molecule has 0 aliphatic rings. The predicted octanol–water partition coefficient (Wildman–Crippen LogP) is 3.57. The number of para-hydroxylation sites is 1. The van der Waals surface area contributed by atoms with Crippen LogP contribution in [0.1, 0.15) is 11.5 Å². The molecule has 0 spiro atoms. The zero-order valence-electron chi connectivity index (χ0n) is 12.5. The van der Waals surface area contributed by atoms with Gasteiger partial charge >= 0.3 is 0 Å². The lowest BCUT2D eigenvalue weighted by Crippen LogP contribution is -2.03. The van der Waals surface area contributed by atoms with E-state index in [9.17, 15) is 0 Å². The molecule has 0 saturated heterocycles. The third-order valence-electron chi connectivity index (χ3n) is 3.55. The third-order valence-corrected chi connectivity index (χ3v) is 4.42. The average molecular weight is 332 g/mol. The number of nitriles is 1. The number of hydrogen-bond acceptors (Lipinski definition) is 6. The summed E-state index contributed by atoms with van der Waals surface area (Å²) in [6.45, 7) is 0.483. The van der Waals surface area contributed by atoms with Crippen LogP contribution < -0.4 is 5.32 Å². The molecule has 7 heteroatoms. The fourth-order valence-electron chi connectivity index (χ4n) is 2.45. The molecule has 0 radical (unpaired) electrons. The standard InChI is InChI=1S/C17H12N6S/c18-9-11-8-14(12-4-1-2-5-13(12)20-11)19-10-16-21-17(23-22-16)15-6-3-7-24-15/h1-8H,10H2,(H,19,20)(H,21,22,23). The van der Waals surface area contributed by atoms with Gasteiger partial charge in [0.15, 0.2) is 5.82 Å². The molecule has 4 aromatic rings. The Morgan fingerprint density at radius 1 is 1.17 bits per heavy atom. The van der Waals surface area contributed by atoms with E-state index in [0.717, 1.165) is 27.3 Å². The van der Waals surface area contributed by atoms with E-state index in [1.54, 1.807) is 17.4 Å². The van der Waals surface area contributed by atoms with Gasteiger partial charge in [-0.1, -0.05) is 24.3 Å². The highest BCUT2D eigenvalue weighted by Crippen LogP contribution is 2.24. The molecule has 0 fully saturated rings.